The number of carboxylic acid groups (broad SMARTS) is 1. The third-order valence-electron chi connectivity index (χ3n) is 19.9. The molecular weight excluding hydrogens is 1250 g/mol. The summed E-state index contributed by atoms with van der Waals surface area (Å²) in [4.78, 5) is 57.3. The number of hydrogen-bond acceptors (Lipinski definition) is 17. The van der Waals surface area contributed by atoms with E-state index in [0.29, 0.717) is 57.9 Å². The normalized spacial score (nSPS) is 16.4. The molecule has 0 atom stereocenters. The zero-order chi connectivity index (χ0) is 68.8. The maximum atomic E-state index is 13.9. The van der Waals surface area contributed by atoms with Crippen molar-refractivity contribution in [1.29, 1.82) is 0 Å². The lowest BCUT2D eigenvalue weighted by molar-refractivity contribution is 0.0238. The molecule has 4 saturated heterocycles. The van der Waals surface area contributed by atoms with Crippen LogP contribution >= 0.6 is 0 Å². The molecule has 0 aliphatic carbocycles. The van der Waals surface area contributed by atoms with Crippen LogP contribution in [-0.2, 0) is 20.3 Å². The van der Waals surface area contributed by atoms with Crippen molar-refractivity contribution in [3.63, 3.8) is 0 Å². The first kappa shape index (κ1) is 73.1. The number of H-pyrrole nitrogens is 2. The molecule has 0 bridgehead atoms. The first-order valence-electron chi connectivity index (χ1n) is 34.2. The van der Waals surface area contributed by atoms with Gasteiger partial charge in [0.15, 0.2) is 0 Å². The summed E-state index contributed by atoms with van der Waals surface area (Å²) in [5.74, 6) is 3.01. The number of carboxylic acids is 1. The molecule has 99 heavy (non-hydrogen) atoms. The van der Waals surface area contributed by atoms with E-state index in [-0.39, 0.29) is 43.2 Å². The number of nitrogens with two attached hydrogens (primary N) is 1. The van der Waals surface area contributed by atoms with Crippen LogP contribution in [0, 0.1) is 41.5 Å². The van der Waals surface area contributed by atoms with Crippen molar-refractivity contribution >= 4 is 55.7 Å². The molecule has 10 aromatic rings. The minimum Gasteiger partial charge on any atom is -0.496 e. The van der Waals surface area contributed by atoms with E-state index in [1.54, 1.807) is 26.4 Å². The van der Waals surface area contributed by atoms with E-state index in [0.717, 1.165) is 177 Å². The maximum absolute atomic E-state index is 13.9. The van der Waals surface area contributed by atoms with Crippen molar-refractivity contribution in [2.24, 2.45) is 5.73 Å². The topological polar surface area (TPSA) is 271 Å². The fraction of sp³-hybridized carbons (Fsp3) is 0.487. The molecule has 21 heteroatoms. The highest BCUT2D eigenvalue weighted by molar-refractivity contribution is 6.15. The number of rotatable bonds is 11. The molecule has 4 aromatic carbocycles. The zero-order valence-electron chi connectivity index (χ0n) is 58.8. The number of ether oxygens (including phenoxy) is 4. The van der Waals surface area contributed by atoms with Gasteiger partial charge in [-0.15, -0.1) is 0 Å². The number of carbonyl (C=O) groups excluding carboxylic acids is 1. The number of aromatic nitrogens is 8. The Labute approximate surface area is 581 Å². The van der Waals surface area contributed by atoms with Crippen molar-refractivity contribution in [3.05, 3.63) is 117 Å². The predicted molar refractivity (Wildman–Crippen MR) is 393 cm³/mol. The van der Waals surface area contributed by atoms with Crippen LogP contribution in [0.4, 0.5) is 0 Å². The first-order chi connectivity index (χ1) is 46.3. The Balaban J connectivity index is 0.000000182. The first-order valence-corrected chi connectivity index (χ1v) is 34.2. The quantitative estimate of drug-likeness (QED) is 0.0805. The fourth-order valence-electron chi connectivity index (χ4n) is 14.5. The second-order valence-corrected chi connectivity index (χ2v) is 28.8. The number of aromatic carboxylic acids is 1. The Morgan fingerprint density at radius 2 is 0.960 bits per heavy atom. The number of piperidine rings is 2. The molecule has 6 aromatic heterocycles. The number of benzene rings is 4. The predicted octanol–water partition coefficient (Wildman–Crippen LogP) is 15.3. The largest absolute Gasteiger partial charge is 0.496 e. The number of nitrogens with zero attached hydrogens (tertiary/aromatic N) is 8. The molecule has 4 aliphatic rings. The second kappa shape index (κ2) is 30.1. The number of hydrogen-bond donors (Lipinski definition) is 5. The Morgan fingerprint density at radius 1 is 0.556 bits per heavy atom. The van der Waals surface area contributed by atoms with Gasteiger partial charge in [0.05, 0.1) is 64.5 Å². The summed E-state index contributed by atoms with van der Waals surface area (Å²) in [6.07, 6.45) is 8.89. The highest BCUT2D eigenvalue weighted by atomic mass is 16.5. The Morgan fingerprint density at radius 3 is 1.34 bits per heavy atom. The van der Waals surface area contributed by atoms with E-state index in [1.165, 1.54) is 38.8 Å². The van der Waals surface area contributed by atoms with Gasteiger partial charge >= 0.3 is 5.97 Å². The van der Waals surface area contributed by atoms with E-state index in [9.17, 15) is 14.7 Å². The van der Waals surface area contributed by atoms with Crippen LogP contribution < -0.4 is 20.5 Å². The third-order valence-corrected chi connectivity index (χ3v) is 19.9. The molecular formula is C78H102N12O9. The fourth-order valence-corrected chi connectivity index (χ4v) is 14.5. The average Bonchev–Trinajstić information content (AvgIpc) is 1.61. The van der Waals surface area contributed by atoms with Gasteiger partial charge < -0.3 is 63.9 Å². The summed E-state index contributed by atoms with van der Waals surface area (Å²) in [7, 11) is 3.30. The number of carbonyl (C=O) groups is 2. The van der Waals surface area contributed by atoms with Gasteiger partial charge in [-0.05, 0) is 189 Å². The molecule has 1 amide bonds. The molecule has 0 radical (unpaired) electrons. The second-order valence-electron chi connectivity index (χ2n) is 28.8. The highest BCUT2D eigenvalue weighted by Crippen LogP contribution is 2.45. The van der Waals surface area contributed by atoms with Crippen LogP contribution in [-0.4, -0.2) is 158 Å². The van der Waals surface area contributed by atoms with Gasteiger partial charge in [-0.1, -0.05) is 66.7 Å². The number of amides is 1. The standard InChI is InChI=1S/C38H46N6O4.C28H28N4O4.C10H20N2O.2CH4/c1-21-33(22(2)48-43-21)30-19-31-29(20-32(30)46-7)34-35(39-23(3)40-36(34)42-31)24-16-25(18-26(17-24)38(4,5)6)37(45)41-27-8-12-44(13-9-27)28-10-14-47-15-11-28;1-13-23(14(2)36-32-13)20-11-21-19(12-22(20)35-7)24-25(29-15(3)30-26(24)31-21)16-8-17(27(33)34)10-18(9-16)28(4,5)6;11-9-1-5-12(6-2-9)10-3-7-13-8-4-10;;/h16-20,27-28H,8-15H2,1-7H3,(H,41,45)(H,39,40,42);8-12H,1-7H3,(H,33,34)(H,29,30,31);9-10H,1-8,11H2;2*1H4. The molecule has 10 heterocycles. The molecule has 528 valence electrons. The van der Waals surface area contributed by atoms with Crippen LogP contribution in [0.2, 0.25) is 0 Å². The Hall–Kier alpha value is -8.60. The number of aryl methyl sites for hydroxylation is 6. The number of likely N-dealkylation sites (tertiary alicyclic amines) is 2. The van der Waals surface area contributed by atoms with E-state index in [2.05, 4.69) is 94.1 Å². The minimum atomic E-state index is -0.978. The van der Waals surface area contributed by atoms with Gasteiger partial charge in [-0.2, -0.15) is 0 Å². The van der Waals surface area contributed by atoms with Crippen LogP contribution in [0.5, 0.6) is 11.5 Å². The van der Waals surface area contributed by atoms with Crippen molar-refractivity contribution in [1.82, 2.24) is 55.3 Å². The number of nitrogens with one attached hydrogen (secondary N) is 3. The van der Waals surface area contributed by atoms with Crippen LogP contribution in [0.3, 0.4) is 0 Å². The zero-order valence-corrected chi connectivity index (χ0v) is 58.8. The van der Waals surface area contributed by atoms with Gasteiger partial charge in [0.25, 0.3) is 5.91 Å². The molecule has 21 nitrogen and oxygen atoms in total. The Kier molecular flexibility index (Phi) is 22.2. The summed E-state index contributed by atoms with van der Waals surface area (Å²) in [5.41, 5.74) is 19.7. The van der Waals surface area contributed by atoms with Crippen molar-refractivity contribution < 1.29 is 42.7 Å². The number of methoxy groups -OCH3 is 2. The summed E-state index contributed by atoms with van der Waals surface area (Å²) >= 11 is 0. The average molecular weight is 1350 g/mol. The third kappa shape index (κ3) is 15.6. The van der Waals surface area contributed by atoms with Gasteiger partial charge in [0, 0.05) is 113 Å². The molecule has 14 rings (SSSR count). The summed E-state index contributed by atoms with van der Waals surface area (Å²) in [5, 5.41) is 25.0. The molecule has 0 unspecified atom stereocenters. The molecule has 4 aliphatic heterocycles. The van der Waals surface area contributed by atoms with Crippen LogP contribution in [0.1, 0.15) is 174 Å². The Bertz CT molecular complexity index is 4500. The summed E-state index contributed by atoms with van der Waals surface area (Å²) < 4.78 is 33.5. The van der Waals surface area contributed by atoms with E-state index in [4.69, 9.17) is 48.7 Å². The maximum Gasteiger partial charge on any atom is 0.335 e. The SMILES string of the molecule is C.C.COc1cc2c(cc1-c1c(C)noc1C)[nH]c1nc(C)nc(-c3cc(C(=O)NC4CCN(C5CCOCC5)CC4)cc(C(C)(C)C)c3)c12.COc1cc2c(cc1-c1c(C)noc1C)[nH]c1nc(C)nc(-c3cc(C(=O)O)cc(C(C)(C)C)c3)c12.NC1CCN(C2CCOCC2)CC1. The van der Waals surface area contributed by atoms with E-state index < -0.39 is 5.97 Å². The number of fused-ring (bicyclic) bond motifs is 6. The van der Waals surface area contributed by atoms with Gasteiger partial charge in [0.2, 0.25) is 0 Å². The highest BCUT2D eigenvalue weighted by Gasteiger charge is 2.31. The lowest BCUT2D eigenvalue weighted by Gasteiger charge is -2.39. The molecule has 6 N–H and O–H groups in total. The van der Waals surface area contributed by atoms with Crippen molar-refractivity contribution in [3.8, 4) is 56.3 Å². The smallest absolute Gasteiger partial charge is 0.335 e. The van der Waals surface area contributed by atoms with Crippen molar-refractivity contribution in [2.75, 3.05) is 66.8 Å². The number of aromatic amines is 2. The summed E-state index contributed by atoms with van der Waals surface area (Å²) in [6.45, 7) is 32.1. The molecule has 0 saturated carbocycles. The molecule has 0 spiro atoms. The summed E-state index contributed by atoms with van der Waals surface area (Å²) in [6, 6.07) is 21.7. The van der Waals surface area contributed by atoms with Crippen LogP contribution in [0.25, 0.3) is 88.6 Å². The van der Waals surface area contributed by atoms with Crippen molar-refractivity contribution in [2.45, 2.75) is 184 Å². The van der Waals surface area contributed by atoms with Gasteiger partial charge in [-0.25, -0.2) is 24.7 Å². The molecule has 4 fully saturated rings. The van der Waals surface area contributed by atoms with Crippen LogP contribution in [0.15, 0.2) is 69.7 Å². The lowest BCUT2D eigenvalue weighted by atomic mass is 9.84. The van der Waals surface area contributed by atoms with Gasteiger partial charge in [0.1, 0.15) is 46.0 Å². The van der Waals surface area contributed by atoms with E-state index in [1.807, 2.05) is 77.9 Å². The minimum absolute atomic E-state index is 0. The van der Waals surface area contributed by atoms with E-state index >= 15 is 0 Å². The monoisotopic (exact) mass is 1350 g/mol. The van der Waals surface area contributed by atoms with Gasteiger partial charge in [-0.3, -0.25) is 4.79 Å². The lowest BCUT2D eigenvalue weighted by Crippen LogP contribution is -2.49.